The van der Waals surface area contributed by atoms with Gasteiger partial charge in [0.05, 0.1) is 12.7 Å². The fourth-order valence-electron chi connectivity index (χ4n) is 4.99. The fraction of sp³-hybridized carbons (Fsp3) is 0.462. The molecular formula is C26H33N3O5S. The maximum atomic E-state index is 12.0. The van der Waals surface area contributed by atoms with Gasteiger partial charge in [-0.3, -0.25) is 14.4 Å². The predicted molar refractivity (Wildman–Crippen MR) is 133 cm³/mol. The molecule has 0 bridgehead atoms. The van der Waals surface area contributed by atoms with Gasteiger partial charge in [-0.15, -0.1) is 0 Å². The molecule has 0 radical (unpaired) electrons. The van der Waals surface area contributed by atoms with Crippen molar-refractivity contribution in [2.45, 2.75) is 44.2 Å². The molecule has 2 aromatic carbocycles. The van der Waals surface area contributed by atoms with E-state index in [2.05, 4.69) is 17.0 Å². The lowest BCUT2D eigenvalue weighted by atomic mass is 9.95. The van der Waals surface area contributed by atoms with Crippen LogP contribution in [0, 0.1) is 5.92 Å². The van der Waals surface area contributed by atoms with Crippen LogP contribution in [-0.2, 0) is 27.8 Å². The standard InChI is InChI=1S/C26H33N3O5S/c1-35(33,34)27-25(30)15-19-7-9-20(10-8-19)17-28-13-11-21(12-14-28)18-29(26(31)32)24-16-23(24)22-5-3-2-4-6-22/h2-10,21,23-24H,11-18H2,1H3,(H,27,30)(H,31,32)/t23-,24+/m0/s1. The van der Waals surface area contributed by atoms with Crippen molar-refractivity contribution in [3.8, 4) is 0 Å². The van der Waals surface area contributed by atoms with Crippen molar-refractivity contribution in [3.63, 3.8) is 0 Å². The van der Waals surface area contributed by atoms with E-state index in [1.807, 2.05) is 47.2 Å². The fourth-order valence-corrected chi connectivity index (χ4v) is 5.48. The summed E-state index contributed by atoms with van der Waals surface area (Å²) in [7, 11) is -3.55. The number of sulfonamides is 1. The zero-order valence-electron chi connectivity index (χ0n) is 20.0. The molecule has 0 aromatic heterocycles. The van der Waals surface area contributed by atoms with Gasteiger partial charge in [-0.25, -0.2) is 13.2 Å². The number of likely N-dealkylation sites (tertiary alicyclic amines) is 1. The van der Waals surface area contributed by atoms with Crippen LogP contribution >= 0.6 is 0 Å². The maximum absolute atomic E-state index is 12.0. The maximum Gasteiger partial charge on any atom is 0.407 e. The van der Waals surface area contributed by atoms with Gasteiger partial charge in [0.1, 0.15) is 0 Å². The summed E-state index contributed by atoms with van der Waals surface area (Å²) in [5.41, 5.74) is 3.11. The molecule has 2 amide bonds. The van der Waals surface area contributed by atoms with E-state index in [0.717, 1.165) is 56.3 Å². The van der Waals surface area contributed by atoms with Crippen LogP contribution in [-0.4, -0.2) is 67.3 Å². The zero-order valence-corrected chi connectivity index (χ0v) is 20.8. The molecule has 8 nitrogen and oxygen atoms in total. The van der Waals surface area contributed by atoms with Crippen LogP contribution < -0.4 is 4.72 Å². The largest absolute Gasteiger partial charge is 0.465 e. The number of benzene rings is 2. The third-order valence-electron chi connectivity index (χ3n) is 6.89. The molecule has 1 aliphatic carbocycles. The number of nitrogens with zero attached hydrogens (tertiary/aromatic N) is 2. The minimum Gasteiger partial charge on any atom is -0.465 e. The molecule has 0 unspecified atom stereocenters. The summed E-state index contributed by atoms with van der Waals surface area (Å²) in [6.07, 6.45) is 3.00. The van der Waals surface area contributed by atoms with Gasteiger partial charge in [-0.1, -0.05) is 54.6 Å². The van der Waals surface area contributed by atoms with Crippen LogP contribution in [0.25, 0.3) is 0 Å². The van der Waals surface area contributed by atoms with Crippen molar-refractivity contribution in [1.29, 1.82) is 0 Å². The Kier molecular flexibility index (Phi) is 7.76. The summed E-state index contributed by atoms with van der Waals surface area (Å²) in [6.45, 7) is 3.23. The van der Waals surface area contributed by atoms with E-state index in [9.17, 15) is 23.1 Å². The van der Waals surface area contributed by atoms with E-state index < -0.39 is 22.0 Å². The normalized spacial score (nSPS) is 20.8. The second kappa shape index (κ2) is 10.8. The molecule has 1 saturated carbocycles. The second-order valence-corrected chi connectivity index (χ2v) is 11.5. The molecule has 2 atom stereocenters. The Morgan fingerprint density at radius 1 is 1.03 bits per heavy atom. The first-order valence-electron chi connectivity index (χ1n) is 12.0. The molecule has 2 fully saturated rings. The van der Waals surface area contributed by atoms with Crippen LogP contribution in [0.5, 0.6) is 0 Å². The Bertz CT molecular complexity index is 1130. The van der Waals surface area contributed by atoms with E-state index in [-0.39, 0.29) is 12.5 Å². The molecule has 9 heteroatoms. The van der Waals surface area contributed by atoms with Crippen molar-refractivity contribution >= 4 is 22.0 Å². The molecule has 1 saturated heterocycles. The van der Waals surface area contributed by atoms with Crippen LogP contribution in [0.2, 0.25) is 0 Å². The predicted octanol–water partition coefficient (Wildman–Crippen LogP) is 3.05. The van der Waals surface area contributed by atoms with Crippen LogP contribution in [0.3, 0.4) is 0 Å². The highest BCUT2D eigenvalue weighted by atomic mass is 32.2. The van der Waals surface area contributed by atoms with Gasteiger partial charge < -0.3 is 10.0 Å². The second-order valence-electron chi connectivity index (χ2n) is 9.77. The Labute approximate surface area is 207 Å². The van der Waals surface area contributed by atoms with Crippen molar-refractivity contribution in [1.82, 2.24) is 14.5 Å². The van der Waals surface area contributed by atoms with Gasteiger partial charge in [0, 0.05) is 25.0 Å². The van der Waals surface area contributed by atoms with Gasteiger partial charge in [-0.2, -0.15) is 0 Å². The van der Waals surface area contributed by atoms with E-state index >= 15 is 0 Å². The lowest BCUT2D eigenvalue weighted by Gasteiger charge is -2.34. The van der Waals surface area contributed by atoms with Crippen LogP contribution in [0.1, 0.15) is 41.9 Å². The molecule has 1 aliphatic heterocycles. The van der Waals surface area contributed by atoms with Gasteiger partial charge in [0.2, 0.25) is 15.9 Å². The minimum atomic E-state index is -3.55. The average Bonchev–Trinajstić information content (AvgIpc) is 3.59. The Morgan fingerprint density at radius 3 is 2.26 bits per heavy atom. The topological polar surface area (TPSA) is 107 Å². The number of carboxylic acid groups (broad SMARTS) is 1. The summed E-state index contributed by atoms with van der Waals surface area (Å²) >= 11 is 0. The lowest BCUT2D eigenvalue weighted by molar-refractivity contribution is -0.118. The smallest absolute Gasteiger partial charge is 0.407 e. The first kappa shape index (κ1) is 25.2. The van der Waals surface area contributed by atoms with Crippen molar-refractivity contribution < 1.29 is 23.1 Å². The first-order valence-corrected chi connectivity index (χ1v) is 13.9. The van der Waals surface area contributed by atoms with Crippen molar-refractivity contribution in [2.24, 2.45) is 5.92 Å². The third kappa shape index (κ3) is 7.29. The van der Waals surface area contributed by atoms with E-state index in [4.69, 9.17) is 0 Å². The number of carbonyl (C=O) groups excluding carboxylic acids is 1. The van der Waals surface area contributed by atoms with E-state index in [1.165, 1.54) is 5.56 Å². The SMILES string of the molecule is CS(=O)(=O)NC(=O)Cc1ccc(CN2CCC(CN(C(=O)O)[C@@H]3C[C@H]3c3ccccc3)CC2)cc1. The number of carbonyl (C=O) groups is 2. The highest BCUT2D eigenvalue weighted by molar-refractivity contribution is 7.89. The number of hydrogen-bond donors (Lipinski definition) is 2. The molecular weight excluding hydrogens is 466 g/mol. The summed E-state index contributed by atoms with van der Waals surface area (Å²) in [5, 5.41) is 9.82. The number of piperidine rings is 1. The monoisotopic (exact) mass is 499 g/mol. The molecule has 2 aromatic rings. The van der Waals surface area contributed by atoms with Gasteiger partial charge >= 0.3 is 6.09 Å². The Balaban J connectivity index is 1.23. The summed E-state index contributed by atoms with van der Waals surface area (Å²) < 4.78 is 24.3. The number of amides is 2. The Hall–Kier alpha value is -2.91. The third-order valence-corrected chi connectivity index (χ3v) is 7.48. The van der Waals surface area contributed by atoms with Gasteiger partial charge in [0.25, 0.3) is 0 Å². The van der Waals surface area contributed by atoms with Crippen molar-refractivity contribution in [3.05, 3.63) is 71.3 Å². The molecule has 0 spiro atoms. The molecule has 1 heterocycles. The highest BCUT2D eigenvalue weighted by Gasteiger charge is 2.45. The van der Waals surface area contributed by atoms with Crippen molar-refractivity contribution in [2.75, 3.05) is 25.9 Å². The van der Waals surface area contributed by atoms with E-state index in [1.54, 1.807) is 4.90 Å². The number of hydrogen-bond acceptors (Lipinski definition) is 5. The van der Waals surface area contributed by atoms with E-state index in [0.29, 0.717) is 18.4 Å². The molecule has 4 rings (SSSR count). The molecule has 2 aliphatic rings. The van der Waals surface area contributed by atoms with Gasteiger partial charge in [-0.05, 0) is 55.0 Å². The quantitative estimate of drug-likeness (QED) is 0.549. The molecule has 2 N–H and O–H groups in total. The first-order chi connectivity index (χ1) is 16.7. The average molecular weight is 500 g/mol. The number of rotatable bonds is 9. The summed E-state index contributed by atoms with van der Waals surface area (Å²) in [4.78, 5) is 27.8. The summed E-state index contributed by atoms with van der Waals surface area (Å²) in [6, 6.07) is 17.9. The molecule has 35 heavy (non-hydrogen) atoms. The number of nitrogens with one attached hydrogen (secondary N) is 1. The van der Waals surface area contributed by atoms with Crippen LogP contribution in [0.4, 0.5) is 4.79 Å². The highest BCUT2D eigenvalue weighted by Crippen LogP contribution is 2.45. The van der Waals surface area contributed by atoms with Gasteiger partial charge in [0.15, 0.2) is 0 Å². The Morgan fingerprint density at radius 2 is 1.66 bits per heavy atom. The minimum absolute atomic E-state index is 0.0188. The van der Waals surface area contributed by atoms with Crippen LogP contribution in [0.15, 0.2) is 54.6 Å². The lowest BCUT2D eigenvalue weighted by Crippen LogP contribution is -2.41. The summed E-state index contributed by atoms with van der Waals surface area (Å²) in [5.74, 6) is 0.141. The molecule has 188 valence electrons. The zero-order chi connectivity index (χ0) is 25.0.